The van der Waals surface area contributed by atoms with Crippen molar-refractivity contribution in [3.8, 4) is 5.75 Å². The highest BCUT2D eigenvalue weighted by atomic mass is 35.5. The minimum Gasteiger partial charge on any atom is -0.501 e. The lowest BCUT2D eigenvalue weighted by atomic mass is 10.2. The van der Waals surface area contributed by atoms with Crippen molar-refractivity contribution in [1.29, 1.82) is 0 Å². The maximum absolute atomic E-state index is 11.0. The van der Waals surface area contributed by atoms with Gasteiger partial charge in [-0.05, 0) is 12.1 Å². The van der Waals surface area contributed by atoms with Crippen molar-refractivity contribution in [1.82, 2.24) is 0 Å². The highest BCUT2D eigenvalue weighted by Crippen LogP contribution is 2.27. The van der Waals surface area contributed by atoms with Crippen molar-refractivity contribution in [2.24, 2.45) is 0 Å². The van der Waals surface area contributed by atoms with Crippen LogP contribution in [-0.2, 0) is 0 Å². The molecule has 0 aliphatic rings. The first-order chi connectivity index (χ1) is 6.20. The van der Waals surface area contributed by atoms with E-state index in [9.17, 15) is 4.79 Å². The fourth-order valence-corrected chi connectivity index (χ4v) is 1.34. The lowest BCUT2D eigenvalue weighted by Gasteiger charge is -1.99. The summed E-state index contributed by atoms with van der Waals surface area (Å²) in [5.74, 6) is -0.541. The van der Waals surface area contributed by atoms with Crippen LogP contribution in [-0.4, -0.2) is 5.11 Å². The molecule has 0 saturated heterocycles. The van der Waals surface area contributed by atoms with Crippen LogP contribution >= 0.6 is 11.6 Å². The van der Waals surface area contributed by atoms with Crippen LogP contribution < -0.4 is 5.63 Å². The van der Waals surface area contributed by atoms with Crippen molar-refractivity contribution in [2.75, 3.05) is 0 Å². The van der Waals surface area contributed by atoms with Gasteiger partial charge < -0.3 is 9.52 Å². The highest BCUT2D eigenvalue weighted by Gasteiger charge is 2.10. The topological polar surface area (TPSA) is 50.4 Å². The molecule has 66 valence electrons. The summed E-state index contributed by atoms with van der Waals surface area (Å²) in [5.41, 5.74) is -0.445. The Labute approximate surface area is 78.2 Å². The van der Waals surface area contributed by atoms with Gasteiger partial charge in [0, 0.05) is 5.39 Å². The molecule has 0 radical (unpaired) electrons. The zero-order valence-corrected chi connectivity index (χ0v) is 7.21. The highest BCUT2D eigenvalue weighted by molar-refractivity contribution is 6.36. The number of para-hydroxylation sites is 1. The standard InChI is InChI=1S/C9H5ClO3/c10-7-5-3-1-2-4-6(5)13-9(12)8(7)11/h1-4,11H. The summed E-state index contributed by atoms with van der Waals surface area (Å²) in [6, 6.07) is 6.74. The van der Waals surface area contributed by atoms with Crippen LogP contribution in [0.4, 0.5) is 0 Å². The zero-order valence-electron chi connectivity index (χ0n) is 6.45. The van der Waals surface area contributed by atoms with Crippen molar-refractivity contribution in [3.63, 3.8) is 0 Å². The molecule has 1 heterocycles. The molecule has 1 N–H and O–H groups in total. The molecule has 2 rings (SSSR count). The predicted molar refractivity (Wildman–Crippen MR) is 49.2 cm³/mol. The van der Waals surface area contributed by atoms with Crippen LogP contribution in [0.15, 0.2) is 33.5 Å². The number of rotatable bonds is 0. The molecule has 0 amide bonds. The lowest BCUT2D eigenvalue weighted by Crippen LogP contribution is -1.98. The van der Waals surface area contributed by atoms with Crippen LogP contribution in [0.25, 0.3) is 11.0 Å². The molecule has 0 saturated carbocycles. The molecule has 1 aromatic heterocycles. The van der Waals surface area contributed by atoms with Crippen molar-refractivity contribution in [2.45, 2.75) is 0 Å². The van der Waals surface area contributed by atoms with Gasteiger partial charge in [-0.25, -0.2) is 4.79 Å². The van der Waals surface area contributed by atoms with Crippen LogP contribution in [0, 0.1) is 0 Å². The summed E-state index contributed by atoms with van der Waals surface area (Å²) in [6.45, 7) is 0. The maximum atomic E-state index is 11.0. The van der Waals surface area contributed by atoms with Crippen LogP contribution in [0.5, 0.6) is 5.75 Å². The normalized spacial score (nSPS) is 10.5. The van der Waals surface area contributed by atoms with Gasteiger partial charge in [0.15, 0.2) is 0 Å². The van der Waals surface area contributed by atoms with Gasteiger partial charge in [0.25, 0.3) is 0 Å². The Hall–Kier alpha value is -1.48. The number of benzene rings is 1. The summed E-state index contributed by atoms with van der Waals surface area (Å²) < 4.78 is 4.78. The number of halogens is 1. The molecular formula is C9H5ClO3. The average Bonchev–Trinajstić information content (AvgIpc) is 2.15. The van der Waals surface area contributed by atoms with Crippen molar-refractivity contribution >= 4 is 22.6 Å². The molecule has 0 bridgehead atoms. The Morgan fingerprint density at radius 3 is 2.77 bits per heavy atom. The minimum atomic E-state index is -0.816. The second kappa shape index (κ2) is 2.78. The third-order valence-electron chi connectivity index (χ3n) is 1.73. The third-order valence-corrected chi connectivity index (χ3v) is 2.11. The summed E-state index contributed by atoms with van der Waals surface area (Å²) in [5, 5.41) is 9.73. The fourth-order valence-electron chi connectivity index (χ4n) is 1.10. The van der Waals surface area contributed by atoms with Gasteiger partial charge in [-0.1, -0.05) is 23.7 Å². The molecule has 0 aliphatic carbocycles. The van der Waals surface area contributed by atoms with E-state index >= 15 is 0 Å². The first-order valence-electron chi connectivity index (χ1n) is 3.60. The Morgan fingerprint density at radius 1 is 1.31 bits per heavy atom. The molecule has 0 spiro atoms. The van der Waals surface area contributed by atoms with E-state index in [1.807, 2.05) is 0 Å². The Bertz CT molecular complexity index is 516. The maximum Gasteiger partial charge on any atom is 0.380 e. The largest absolute Gasteiger partial charge is 0.501 e. The third kappa shape index (κ3) is 1.17. The lowest BCUT2D eigenvalue weighted by molar-refractivity contribution is 0.428. The summed E-state index contributed by atoms with van der Waals surface area (Å²) >= 11 is 5.72. The van der Waals surface area contributed by atoms with Gasteiger partial charge in [0.1, 0.15) is 10.6 Å². The van der Waals surface area contributed by atoms with Crippen molar-refractivity contribution in [3.05, 3.63) is 39.7 Å². The van der Waals surface area contributed by atoms with E-state index < -0.39 is 11.4 Å². The molecule has 0 atom stereocenters. The van der Waals surface area contributed by atoms with Gasteiger partial charge in [-0.3, -0.25) is 0 Å². The Morgan fingerprint density at radius 2 is 2.00 bits per heavy atom. The molecule has 0 fully saturated rings. The fraction of sp³-hybridized carbons (Fsp3) is 0. The smallest absolute Gasteiger partial charge is 0.380 e. The van der Waals surface area contributed by atoms with E-state index in [-0.39, 0.29) is 5.02 Å². The summed E-state index contributed by atoms with van der Waals surface area (Å²) in [6.07, 6.45) is 0. The molecule has 13 heavy (non-hydrogen) atoms. The second-order valence-corrected chi connectivity index (χ2v) is 2.93. The van der Waals surface area contributed by atoms with Gasteiger partial charge in [0.2, 0.25) is 5.75 Å². The van der Waals surface area contributed by atoms with Crippen LogP contribution in [0.3, 0.4) is 0 Å². The SMILES string of the molecule is O=c1oc2ccccc2c(Cl)c1O. The van der Waals surface area contributed by atoms with E-state index in [0.29, 0.717) is 11.0 Å². The van der Waals surface area contributed by atoms with E-state index in [1.54, 1.807) is 24.3 Å². The molecule has 0 unspecified atom stereocenters. The van der Waals surface area contributed by atoms with Crippen LogP contribution in [0.1, 0.15) is 0 Å². The number of hydrogen-bond acceptors (Lipinski definition) is 3. The van der Waals surface area contributed by atoms with E-state index in [2.05, 4.69) is 0 Å². The molecule has 3 nitrogen and oxygen atoms in total. The van der Waals surface area contributed by atoms with Gasteiger partial charge in [-0.15, -0.1) is 0 Å². The number of aromatic hydroxyl groups is 1. The van der Waals surface area contributed by atoms with Gasteiger partial charge in [0.05, 0.1) is 0 Å². The Kier molecular flexibility index (Phi) is 1.74. The number of hydrogen-bond donors (Lipinski definition) is 1. The predicted octanol–water partition coefficient (Wildman–Crippen LogP) is 2.15. The number of fused-ring (bicyclic) bond motifs is 1. The van der Waals surface area contributed by atoms with Crippen molar-refractivity contribution < 1.29 is 9.52 Å². The molecule has 4 heteroatoms. The van der Waals surface area contributed by atoms with E-state index in [0.717, 1.165) is 0 Å². The van der Waals surface area contributed by atoms with E-state index in [1.165, 1.54) is 0 Å². The molecular weight excluding hydrogens is 192 g/mol. The first kappa shape index (κ1) is 8.13. The molecule has 0 aliphatic heterocycles. The minimum absolute atomic E-state index is 0.0341. The van der Waals surface area contributed by atoms with Gasteiger partial charge >= 0.3 is 5.63 Å². The average molecular weight is 197 g/mol. The first-order valence-corrected chi connectivity index (χ1v) is 3.98. The van der Waals surface area contributed by atoms with Crippen LogP contribution in [0.2, 0.25) is 5.02 Å². The summed E-state index contributed by atoms with van der Waals surface area (Å²) in [4.78, 5) is 11.0. The van der Waals surface area contributed by atoms with E-state index in [4.69, 9.17) is 21.1 Å². The monoisotopic (exact) mass is 196 g/mol. The quantitative estimate of drug-likeness (QED) is 0.657. The molecule has 1 aromatic carbocycles. The zero-order chi connectivity index (χ0) is 9.42. The second-order valence-electron chi connectivity index (χ2n) is 2.55. The summed E-state index contributed by atoms with van der Waals surface area (Å²) in [7, 11) is 0. The Balaban J connectivity index is 3.02. The van der Waals surface area contributed by atoms with Gasteiger partial charge in [-0.2, -0.15) is 0 Å². The molecule has 2 aromatic rings.